The van der Waals surface area contributed by atoms with Gasteiger partial charge in [-0.1, -0.05) is 48.5 Å². The number of hydrogen-bond acceptors (Lipinski definition) is 3. The molecule has 4 aromatic rings. The smallest absolute Gasteiger partial charge is 0.194 e. The van der Waals surface area contributed by atoms with Gasteiger partial charge in [-0.15, -0.1) is 24.0 Å². The average Bonchev–Trinajstić information content (AvgIpc) is 3.50. The molecular weight excluding hydrogens is 525 g/mol. The van der Waals surface area contributed by atoms with Gasteiger partial charge in [0.2, 0.25) is 0 Å². The van der Waals surface area contributed by atoms with E-state index in [0.29, 0.717) is 13.1 Å². The summed E-state index contributed by atoms with van der Waals surface area (Å²) in [7, 11) is 2.03. The van der Waals surface area contributed by atoms with Crippen LogP contribution in [0.2, 0.25) is 0 Å². The van der Waals surface area contributed by atoms with Crippen LogP contribution in [0.5, 0.6) is 0 Å². The highest BCUT2D eigenvalue weighted by Crippen LogP contribution is 2.16. The Hall–Kier alpha value is -3.14. The van der Waals surface area contributed by atoms with E-state index in [1.54, 1.807) is 0 Å². The number of H-pyrrole nitrogens is 1. The van der Waals surface area contributed by atoms with Crippen molar-refractivity contribution in [3.63, 3.8) is 0 Å². The first-order valence-electron chi connectivity index (χ1n) is 10.9. The molecule has 0 aliphatic carbocycles. The van der Waals surface area contributed by atoms with Gasteiger partial charge in [-0.3, -0.25) is 4.99 Å². The van der Waals surface area contributed by atoms with Gasteiger partial charge in [0, 0.05) is 26.3 Å². The summed E-state index contributed by atoms with van der Waals surface area (Å²) < 4.78 is 1.90. The van der Waals surface area contributed by atoms with E-state index in [1.165, 1.54) is 0 Å². The summed E-state index contributed by atoms with van der Waals surface area (Å²) in [5.74, 6) is 1.77. The average molecular weight is 555 g/mol. The minimum Gasteiger partial charge on any atom is -0.357 e. The summed E-state index contributed by atoms with van der Waals surface area (Å²) in [6.45, 7) is 4.21. The van der Waals surface area contributed by atoms with Crippen LogP contribution in [0.1, 0.15) is 18.3 Å². The second-order valence-electron chi connectivity index (χ2n) is 7.58. The Morgan fingerprint density at radius 3 is 2.52 bits per heavy atom. The summed E-state index contributed by atoms with van der Waals surface area (Å²) in [6.07, 6.45) is 6.68. The lowest BCUT2D eigenvalue weighted by Crippen LogP contribution is -2.38. The van der Waals surface area contributed by atoms with Gasteiger partial charge >= 0.3 is 0 Å². The number of rotatable bonds is 8. The number of guanidine groups is 1. The number of nitrogens with zero attached hydrogens (tertiary/aromatic N) is 5. The molecule has 0 aliphatic heterocycles. The third-order valence-corrected chi connectivity index (χ3v) is 5.12. The van der Waals surface area contributed by atoms with Gasteiger partial charge in [-0.25, -0.2) is 9.67 Å². The second kappa shape index (κ2) is 12.2. The third kappa shape index (κ3) is 6.67. The van der Waals surface area contributed by atoms with E-state index in [9.17, 15) is 0 Å². The van der Waals surface area contributed by atoms with Crippen LogP contribution in [0, 0.1) is 0 Å². The molecule has 0 radical (unpaired) electrons. The molecule has 0 saturated heterocycles. The molecule has 172 valence electrons. The first-order chi connectivity index (χ1) is 15.7. The van der Waals surface area contributed by atoms with Crippen molar-refractivity contribution in [3.8, 4) is 16.9 Å². The van der Waals surface area contributed by atoms with Gasteiger partial charge in [0.25, 0.3) is 0 Å². The van der Waals surface area contributed by atoms with Crippen LogP contribution in [0.25, 0.3) is 16.9 Å². The molecule has 0 saturated carbocycles. The summed E-state index contributed by atoms with van der Waals surface area (Å²) >= 11 is 0. The molecule has 2 N–H and O–H groups in total. The van der Waals surface area contributed by atoms with Crippen LogP contribution in [-0.2, 0) is 13.0 Å². The van der Waals surface area contributed by atoms with Crippen molar-refractivity contribution >= 4 is 29.9 Å². The summed E-state index contributed by atoms with van der Waals surface area (Å²) in [4.78, 5) is 14.8. The van der Waals surface area contributed by atoms with E-state index in [2.05, 4.69) is 50.5 Å². The Bertz CT molecular complexity index is 1140. The fourth-order valence-electron chi connectivity index (χ4n) is 3.48. The van der Waals surface area contributed by atoms with Gasteiger partial charge in [0.05, 0.1) is 30.3 Å². The van der Waals surface area contributed by atoms with Crippen molar-refractivity contribution in [2.75, 3.05) is 20.1 Å². The van der Waals surface area contributed by atoms with Gasteiger partial charge in [0.1, 0.15) is 5.82 Å². The van der Waals surface area contributed by atoms with E-state index in [4.69, 9.17) is 4.99 Å². The van der Waals surface area contributed by atoms with E-state index < -0.39 is 0 Å². The minimum absolute atomic E-state index is 0. The zero-order valence-corrected chi connectivity index (χ0v) is 21.3. The first-order valence-corrected chi connectivity index (χ1v) is 10.9. The summed E-state index contributed by atoms with van der Waals surface area (Å²) in [5, 5.41) is 7.84. The van der Waals surface area contributed by atoms with Crippen molar-refractivity contribution in [1.29, 1.82) is 0 Å². The molecule has 0 aliphatic rings. The maximum atomic E-state index is 4.80. The molecular formula is C25H30IN7. The number of halogens is 1. The fourth-order valence-corrected chi connectivity index (χ4v) is 3.48. The van der Waals surface area contributed by atoms with Crippen LogP contribution in [-0.4, -0.2) is 50.7 Å². The van der Waals surface area contributed by atoms with Crippen LogP contribution < -0.4 is 5.32 Å². The highest BCUT2D eigenvalue weighted by Gasteiger charge is 2.10. The Balaban J connectivity index is 0.00000306. The molecule has 4 rings (SSSR count). The van der Waals surface area contributed by atoms with Gasteiger partial charge < -0.3 is 15.2 Å². The minimum atomic E-state index is 0. The number of aromatic amines is 1. The Morgan fingerprint density at radius 1 is 1.06 bits per heavy atom. The molecule has 0 bridgehead atoms. The van der Waals surface area contributed by atoms with Crippen molar-refractivity contribution < 1.29 is 0 Å². The van der Waals surface area contributed by atoms with Crippen molar-refractivity contribution in [1.82, 2.24) is 30.0 Å². The third-order valence-electron chi connectivity index (χ3n) is 5.12. The Labute approximate surface area is 212 Å². The molecule has 33 heavy (non-hydrogen) atoms. The largest absolute Gasteiger partial charge is 0.357 e. The highest BCUT2D eigenvalue weighted by molar-refractivity contribution is 14.0. The monoisotopic (exact) mass is 555 g/mol. The molecule has 2 aromatic heterocycles. The molecule has 0 unspecified atom stereocenters. The normalized spacial score (nSPS) is 11.2. The molecule has 2 aromatic carbocycles. The molecule has 2 heterocycles. The van der Waals surface area contributed by atoms with Gasteiger partial charge in [-0.05, 0) is 36.6 Å². The number of aliphatic imine (C=N–C) groups is 1. The van der Waals surface area contributed by atoms with E-state index >= 15 is 0 Å². The molecule has 0 fully saturated rings. The lowest BCUT2D eigenvalue weighted by molar-refractivity contribution is 0.464. The number of nitrogens with one attached hydrogen (secondary N) is 2. The highest BCUT2D eigenvalue weighted by atomic mass is 127. The molecule has 0 amide bonds. The lowest BCUT2D eigenvalue weighted by Gasteiger charge is -2.21. The van der Waals surface area contributed by atoms with Crippen molar-refractivity contribution in [2.45, 2.75) is 19.9 Å². The van der Waals surface area contributed by atoms with Crippen LogP contribution in [0.15, 0.2) is 84.2 Å². The van der Waals surface area contributed by atoms with E-state index in [1.807, 2.05) is 72.7 Å². The van der Waals surface area contributed by atoms with Crippen molar-refractivity contribution in [3.05, 3.63) is 90.6 Å². The number of imidazole rings is 1. The second-order valence-corrected chi connectivity index (χ2v) is 7.58. The molecule has 0 atom stereocenters. The van der Waals surface area contributed by atoms with Crippen LogP contribution in [0.4, 0.5) is 0 Å². The van der Waals surface area contributed by atoms with E-state index in [-0.39, 0.29) is 24.0 Å². The first kappa shape index (κ1) is 24.5. The Kier molecular flexibility index (Phi) is 9.05. The maximum absolute atomic E-state index is 4.80. The van der Waals surface area contributed by atoms with Crippen molar-refractivity contribution in [2.24, 2.45) is 4.99 Å². The van der Waals surface area contributed by atoms with Gasteiger partial charge in [0.15, 0.2) is 5.96 Å². The molecule has 7 nitrogen and oxygen atoms in total. The summed E-state index contributed by atoms with van der Waals surface area (Å²) in [6, 6.07) is 20.4. The summed E-state index contributed by atoms with van der Waals surface area (Å²) in [5.41, 5.74) is 4.37. The number of aromatic nitrogens is 4. The molecule has 8 heteroatoms. The standard InChI is InChI=1S/C25H29N7.HI/c1-3-26-25(27-15-14-20-16-29-32(18-20)22-12-8-5-9-13-22)31(2)19-24-28-17-23(30-24)21-10-6-4-7-11-21;/h4-13,16-18H,3,14-15,19H2,1-2H3,(H,26,27)(H,28,30);1H. The van der Waals surface area contributed by atoms with Crippen LogP contribution in [0.3, 0.4) is 0 Å². The van der Waals surface area contributed by atoms with Crippen LogP contribution >= 0.6 is 24.0 Å². The fraction of sp³-hybridized carbons (Fsp3) is 0.240. The topological polar surface area (TPSA) is 74.1 Å². The predicted molar refractivity (Wildman–Crippen MR) is 144 cm³/mol. The number of para-hydroxylation sites is 1. The maximum Gasteiger partial charge on any atom is 0.194 e. The SMILES string of the molecule is CCNC(=NCCc1cnn(-c2ccccc2)c1)N(C)Cc1ncc(-c2ccccc2)[nH]1.I. The number of hydrogen-bond donors (Lipinski definition) is 2. The Morgan fingerprint density at radius 2 is 1.79 bits per heavy atom. The zero-order chi connectivity index (χ0) is 22.2. The molecule has 0 spiro atoms. The predicted octanol–water partition coefficient (Wildman–Crippen LogP) is 4.52. The number of benzene rings is 2. The lowest BCUT2D eigenvalue weighted by atomic mass is 10.2. The van der Waals surface area contributed by atoms with Gasteiger partial charge in [-0.2, -0.15) is 5.10 Å². The quantitative estimate of drug-likeness (QED) is 0.191. The van der Waals surface area contributed by atoms with E-state index in [0.717, 1.165) is 47.3 Å². The zero-order valence-electron chi connectivity index (χ0n) is 19.0.